The molecule has 1 heterocycles. The van der Waals surface area contributed by atoms with Crippen LogP contribution < -0.4 is 0 Å². The molecule has 0 saturated heterocycles. The monoisotopic (exact) mass is 226 g/mol. The minimum atomic E-state index is -1.20. The van der Waals surface area contributed by atoms with Crippen molar-refractivity contribution in [2.75, 3.05) is 7.11 Å². The fourth-order valence-corrected chi connectivity index (χ4v) is 1.23. The van der Waals surface area contributed by atoms with Gasteiger partial charge in [-0.2, -0.15) is 0 Å². The number of Topliss-reactive ketones (excluding diaryl/α,β-unsaturated/α-hetero) is 1. The summed E-state index contributed by atoms with van der Waals surface area (Å²) < 4.78 is 10.0. The Morgan fingerprint density at radius 2 is 2.00 bits per heavy atom. The predicted molar refractivity (Wildman–Crippen MR) is 55.7 cm³/mol. The summed E-state index contributed by atoms with van der Waals surface area (Å²) in [6.07, 6.45) is 0.478. The zero-order valence-electron chi connectivity index (χ0n) is 9.44. The van der Waals surface area contributed by atoms with Gasteiger partial charge in [0.1, 0.15) is 5.60 Å². The molecule has 0 spiro atoms. The van der Waals surface area contributed by atoms with Gasteiger partial charge in [-0.15, -0.1) is 0 Å². The van der Waals surface area contributed by atoms with E-state index in [9.17, 15) is 9.59 Å². The quantitative estimate of drug-likeness (QED) is 0.777. The van der Waals surface area contributed by atoms with Crippen molar-refractivity contribution in [2.45, 2.75) is 25.9 Å². The molecule has 0 bridgehead atoms. The molecular formula is C11H14O5. The highest BCUT2D eigenvalue weighted by Gasteiger charge is 2.34. The van der Waals surface area contributed by atoms with Crippen LogP contribution in [0.15, 0.2) is 16.5 Å². The number of carbonyl (C=O) groups is 2. The first-order valence-electron chi connectivity index (χ1n) is 4.87. The summed E-state index contributed by atoms with van der Waals surface area (Å²) in [5, 5.41) is 8.66. The molecule has 0 fully saturated rings. The largest absolute Gasteiger partial charge is 0.475 e. The van der Waals surface area contributed by atoms with Gasteiger partial charge in [-0.1, -0.05) is 6.92 Å². The summed E-state index contributed by atoms with van der Waals surface area (Å²) in [5.41, 5.74) is -0.979. The van der Waals surface area contributed by atoms with Crippen LogP contribution in [0, 0.1) is 0 Å². The molecule has 0 saturated carbocycles. The third-order valence-corrected chi connectivity index (χ3v) is 2.65. The molecule has 0 aromatic carbocycles. The first kappa shape index (κ1) is 12.4. The van der Waals surface area contributed by atoms with Crippen molar-refractivity contribution in [1.29, 1.82) is 0 Å². The average molecular weight is 226 g/mol. The van der Waals surface area contributed by atoms with Crippen LogP contribution in [0.3, 0.4) is 0 Å². The highest BCUT2D eigenvalue weighted by atomic mass is 16.5. The number of methoxy groups -OCH3 is 1. The van der Waals surface area contributed by atoms with Crippen LogP contribution in [-0.2, 0) is 4.74 Å². The van der Waals surface area contributed by atoms with E-state index in [2.05, 4.69) is 0 Å². The number of hydrogen-bond acceptors (Lipinski definition) is 4. The van der Waals surface area contributed by atoms with Crippen LogP contribution in [0.4, 0.5) is 0 Å². The Morgan fingerprint density at radius 1 is 1.44 bits per heavy atom. The molecule has 0 amide bonds. The number of carbonyl (C=O) groups excluding carboxylic acids is 1. The summed E-state index contributed by atoms with van der Waals surface area (Å²) in [4.78, 5) is 22.5. The van der Waals surface area contributed by atoms with Crippen LogP contribution in [0.25, 0.3) is 0 Å². The highest BCUT2D eigenvalue weighted by molar-refractivity contribution is 6.00. The van der Waals surface area contributed by atoms with E-state index < -0.39 is 11.6 Å². The number of ether oxygens (including phenoxy) is 1. The molecule has 88 valence electrons. The van der Waals surface area contributed by atoms with Crippen molar-refractivity contribution >= 4 is 11.8 Å². The number of carboxylic acids is 1. The van der Waals surface area contributed by atoms with Gasteiger partial charge in [0.05, 0.1) is 0 Å². The second-order valence-corrected chi connectivity index (χ2v) is 3.59. The van der Waals surface area contributed by atoms with Crippen LogP contribution in [0.1, 0.15) is 41.4 Å². The SMILES string of the molecule is CCC(C)(OC)C(=O)c1ccc(C(=O)O)o1. The Hall–Kier alpha value is -1.62. The minimum absolute atomic E-state index is 0.00333. The Morgan fingerprint density at radius 3 is 2.38 bits per heavy atom. The molecule has 0 aliphatic rings. The fraction of sp³-hybridized carbons (Fsp3) is 0.455. The molecular weight excluding hydrogens is 212 g/mol. The van der Waals surface area contributed by atoms with Gasteiger partial charge in [0.2, 0.25) is 11.5 Å². The van der Waals surface area contributed by atoms with Crippen LogP contribution in [0.5, 0.6) is 0 Å². The molecule has 5 heteroatoms. The molecule has 1 N–H and O–H groups in total. The molecule has 1 unspecified atom stereocenters. The zero-order valence-corrected chi connectivity index (χ0v) is 9.44. The summed E-state index contributed by atoms with van der Waals surface area (Å²) in [6, 6.07) is 2.60. The van der Waals surface area contributed by atoms with Crippen molar-refractivity contribution < 1.29 is 23.8 Å². The van der Waals surface area contributed by atoms with E-state index in [1.807, 2.05) is 6.92 Å². The Kier molecular flexibility index (Phi) is 3.49. The molecule has 0 aliphatic carbocycles. The average Bonchev–Trinajstić information content (AvgIpc) is 2.76. The third kappa shape index (κ3) is 2.14. The first-order chi connectivity index (χ1) is 7.44. The summed E-state index contributed by atoms with van der Waals surface area (Å²) in [5.74, 6) is -1.80. The van der Waals surface area contributed by atoms with Gasteiger partial charge in [0, 0.05) is 7.11 Å². The summed E-state index contributed by atoms with van der Waals surface area (Å²) >= 11 is 0. The molecule has 1 rings (SSSR count). The van der Waals surface area contributed by atoms with Crippen molar-refractivity contribution in [3.05, 3.63) is 23.7 Å². The normalized spacial score (nSPS) is 14.4. The maximum Gasteiger partial charge on any atom is 0.371 e. The van der Waals surface area contributed by atoms with Crippen molar-refractivity contribution in [2.24, 2.45) is 0 Å². The van der Waals surface area contributed by atoms with E-state index in [0.29, 0.717) is 6.42 Å². The smallest absolute Gasteiger partial charge is 0.371 e. The van der Waals surface area contributed by atoms with E-state index >= 15 is 0 Å². The lowest BCUT2D eigenvalue weighted by Crippen LogP contribution is -2.36. The topological polar surface area (TPSA) is 76.7 Å². The standard InChI is InChI=1S/C11H14O5/c1-4-11(2,15-3)9(12)7-5-6-8(16-7)10(13)14/h5-6H,4H2,1-3H3,(H,13,14). The first-order valence-corrected chi connectivity index (χ1v) is 4.87. The van der Waals surface area contributed by atoms with Gasteiger partial charge in [0.15, 0.2) is 5.76 Å². The van der Waals surface area contributed by atoms with Crippen molar-refractivity contribution in [3.8, 4) is 0 Å². The number of aromatic carboxylic acids is 1. The van der Waals surface area contributed by atoms with E-state index in [-0.39, 0.29) is 17.3 Å². The molecule has 1 aromatic heterocycles. The molecule has 5 nitrogen and oxygen atoms in total. The Labute approximate surface area is 93.0 Å². The highest BCUT2D eigenvalue weighted by Crippen LogP contribution is 2.22. The fourth-order valence-electron chi connectivity index (χ4n) is 1.23. The third-order valence-electron chi connectivity index (χ3n) is 2.65. The molecule has 0 aliphatic heterocycles. The maximum atomic E-state index is 12.0. The van der Waals surface area contributed by atoms with Crippen molar-refractivity contribution in [3.63, 3.8) is 0 Å². The molecule has 16 heavy (non-hydrogen) atoms. The van der Waals surface area contributed by atoms with Gasteiger partial charge in [-0.3, -0.25) is 4.79 Å². The molecule has 1 aromatic rings. The van der Waals surface area contributed by atoms with Crippen LogP contribution >= 0.6 is 0 Å². The second kappa shape index (κ2) is 4.49. The van der Waals surface area contributed by atoms with Gasteiger partial charge in [0.25, 0.3) is 0 Å². The zero-order chi connectivity index (χ0) is 12.3. The number of hydrogen-bond donors (Lipinski definition) is 1. The summed E-state index contributed by atoms with van der Waals surface area (Å²) in [6.45, 7) is 3.45. The molecule has 1 atom stereocenters. The van der Waals surface area contributed by atoms with Crippen LogP contribution in [-0.4, -0.2) is 29.6 Å². The predicted octanol–water partition coefficient (Wildman–Crippen LogP) is 1.98. The van der Waals surface area contributed by atoms with Gasteiger partial charge in [-0.25, -0.2) is 4.79 Å². The lowest BCUT2D eigenvalue weighted by molar-refractivity contribution is 0.00824. The summed E-state index contributed by atoms with van der Waals surface area (Å²) in [7, 11) is 1.43. The Balaban J connectivity index is 3.00. The van der Waals surface area contributed by atoms with E-state index in [1.165, 1.54) is 19.2 Å². The van der Waals surface area contributed by atoms with Gasteiger partial charge < -0.3 is 14.3 Å². The maximum absolute atomic E-state index is 12.0. The molecule has 0 radical (unpaired) electrons. The second-order valence-electron chi connectivity index (χ2n) is 3.59. The van der Waals surface area contributed by atoms with E-state index in [0.717, 1.165) is 0 Å². The lowest BCUT2D eigenvalue weighted by Gasteiger charge is -2.23. The number of carboxylic acid groups (broad SMARTS) is 1. The minimum Gasteiger partial charge on any atom is -0.475 e. The number of furan rings is 1. The van der Waals surface area contributed by atoms with Gasteiger partial charge in [-0.05, 0) is 25.5 Å². The van der Waals surface area contributed by atoms with Gasteiger partial charge >= 0.3 is 5.97 Å². The Bertz CT molecular complexity index is 400. The van der Waals surface area contributed by atoms with Crippen LogP contribution in [0.2, 0.25) is 0 Å². The number of ketones is 1. The van der Waals surface area contributed by atoms with E-state index in [1.54, 1.807) is 6.92 Å². The number of rotatable bonds is 5. The lowest BCUT2D eigenvalue weighted by atomic mass is 9.96. The van der Waals surface area contributed by atoms with Crippen molar-refractivity contribution in [1.82, 2.24) is 0 Å². The van der Waals surface area contributed by atoms with E-state index in [4.69, 9.17) is 14.3 Å².